The molecule has 1 rings (SSSR count). The molecule has 0 amide bonds. The summed E-state index contributed by atoms with van der Waals surface area (Å²) in [6.07, 6.45) is 0. The molecule has 0 saturated heterocycles. The van der Waals surface area contributed by atoms with Crippen LogP contribution in [0.3, 0.4) is 0 Å². The number of hydrogen-bond acceptors (Lipinski definition) is 2. The van der Waals surface area contributed by atoms with Gasteiger partial charge in [0.1, 0.15) is 0 Å². The number of nitrogens with zero attached hydrogens (tertiary/aromatic N) is 2. The van der Waals surface area contributed by atoms with E-state index in [4.69, 9.17) is 0 Å². The Kier molecular flexibility index (Phi) is 6.92. The predicted molar refractivity (Wildman–Crippen MR) is 93.4 cm³/mol. The van der Waals surface area contributed by atoms with Crippen LogP contribution in [0.25, 0.3) is 0 Å². The maximum atomic E-state index is 4.59. The quantitative estimate of drug-likeness (QED) is 0.639. The van der Waals surface area contributed by atoms with Gasteiger partial charge < -0.3 is 10.6 Å². The highest BCUT2D eigenvalue weighted by Crippen LogP contribution is 2.16. The summed E-state index contributed by atoms with van der Waals surface area (Å²) in [4.78, 5) is 9.09. The minimum Gasteiger partial charge on any atom is -0.372 e. The van der Waals surface area contributed by atoms with E-state index in [-0.39, 0.29) is 0 Å². The van der Waals surface area contributed by atoms with Gasteiger partial charge in [0.25, 0.3) is 0 Å². The van der Waals surface area contributed by atoms with Crippen LogP contribution in [0.5, 0.6) is 0 Å². The molecule has 0 heterocycles. The number of hydrogen-bond donors (Lipinski definition) is 2. The van der Waals surface area contributed by atoms with E-state index in [2.05, 4.69) is 60.4 Å². The van der Waals surface area contributed by atoms with Gasteiger partial charge in [-0.1, -0.05) is 18.2 Å². The van der Waals surface area contributed by atoms with Gasteiger partial charge in [-0.15, -0.1) is 0 Å². The van der Waals surface area contributed by atoms with Crippen LogP contribution in [-0.2, 0) is 6.54 Å². The molecule has 0 aromatic heterocycles. The average molecular weight is 288 g/mol. The van der Waals surface area contributed by atoms with Crippen LogP contribution in [0, 0.1) is 0 Å². The fourth-order valence-electron chi connectivity index (χ4n) is 2.06. The van der Waals surface area contributed by atoms with Crippen molar-refractivity contribution in [3.05, 3.63) is 29.8 Å². The van der Waals surface area contributed by atoms with Gasteiger partial charge in [0.05, 0.1) is 18.2 Å². The molecular formula is C17H28N4. The number of rotatable bonds is 5. The Labute approximate surface area is 128 Å². The van der Waals surface area contributed by atoms with Crippen molar-refractivity contribution in [2.24, 2.45) is 9.98 Å². The Bertz CT molecular complexity index is 501. The first-order valence-corrected chi connectivity index (χ1v) is 7.55. The molecule has 0 saturated carbocycles. The average Bonchev–Trinajstić information content (AvgIpc) is 2.35. The number of benzene rings is 1. The second kappa shape index (κ2) is 8.45. The lowest BCUT2D eigenvalue weighted by atomic mass is 10.2. The zero-order chi connectivity index (χ0) is 15.8. The van der Waals surface area contributed by atoms with Gasteiger partial charge in [0.2, 0.25) is 0 Å². The molecule has 0 bridgehead atoms. The molecule has 1 aromatic rings. The molecule has 2 N–H and O–H groups in total. The number of anilines is 1. The Morgan fingerprint density at radius 3 is 2.33 bits per heavy atom. The van der Waals surface area contributed by atoms with Crippen LogP contribution in [0.1, 0.15) is 47.1 Å². The van der Waals surface area contributed by atoms with E-state index in [0.717, 1.165) is 17.4 Å². The molecule has 21 heavy (non-hydrogen) atoms. The minimum absolute atomic E-state index is 0.292. The maximum absolute atomic E-state index is 4.59. The smallest absolute Gasteiger partial charge is 0.0978 e. The third-order valence-electron chi connectivity index (χ3n) is 2.77. The molecule has 4 heteroatoms. The fraction of sp³-hybridized carbons (Fsp3) is 0.529. The van der Waals surface area contributed by atoms with E-state index in [1.54, 1.807) is 0 Å². The van der Waals surface area contributed by atoms with Gasteiger partial charge in [-0.05, 0) is 53.2 Å². The largest absolute Gasteiger partial charge is 0.372 e. The van der Waals surface area contributed by atoms with Crippen molar-refractivity contribution in [2.75, 3.05) is 5.32 Å². The molecule has 0 fully saturated rings. The number of amidine groups is 2. The van der Waals surface area contributed by atoms with Crippen molar-refractivity contribution < 1.29 is 0 Å². The van der Waals surface area contributed by atoms with Gasteiger partial charge >= 0.3 is 0 Å². The number of nitrogens with one attached hydrogen (secondary N) is 2. The Balaban J connectivity index is 2.80. The van der Waals surface area contributed by atoms with Crippen LogP contribution in [0.2, 0.25) is 0 Å². The number of para-hydroxylation sites is 1. The van der Waals surface area contributed by atoms with Gasteiger partial charge in [-0.3, -0.25) is 9.98 Å². The van der Waals surface area contributed by atoms with Crippen LogP contribution in [-0.4, -0.2) is 23.8 Å². The summed E-state index contributed by atoms with van der Waals surface area (Å²) < 4.78 is 0. The lowest BCUT2D eigenvalue weighted by Gasteiger charge is -2.12. The van der Waals surface area contributed by atoms with E-state index in [1.807, 2.05) is 26.0 Å². The summed E-state index contributed by atoms with van der Waals surface area (Å²) in [5, 5.41) is 6.67. The summed E-state index contributed by atoms with van der Waals surface area (Å²) in [5.41, 5.74) is 2.24. The molecule has 0 atom stereocenters. The highest BCUT2D eigenvalue weighted by Gasteiger charge is 2.03. The molecule has 0 aliphatic heterocycles. The summed E-state index contributed by atoms with van der Waals surface area (Å²) in [7, 11) is 0. The SMILES string of the molecule is CC(=NC(C)C)Nc1ccccc1CN=C(C)NC(C)C. The normalized spacial score (nSPS) is 13.0. The molecule has 1 aromatic carbocycles. The molecule has 0 aliphatic rings. The Morgan fingerprint density at radius 1 is 1.05 bits per heavy atom. The zero-order valence-corrected chi connectivity index (χ0v) is 14.1. The van der Waals surface area contributed by atoms with Crippen molar-refractivity contribution in [3.8, 4) is 0 Å². The Hall–Kier alpha value is -1.84. The van der Waals surface area contributed by atoms with Gasteiger partial charge in [0, 0.05) is 17.8 Å². The van der Waals surface area contributed by atoms with E-state index in [1.165, 1.54) is 5.56 Å². The molecule has 0 aliphatic carbocycles. The third kappa shape index (κ3) is 6.93. The van der Waals surface area contributed by atoms with E-state index < -0.39 is 0 Å². The first kappa shape index (κ1) is 17.2. The monoisotopic (exact) mass is 288 g/mol. The van der Waals surface area contributed by atoms with Crippen molar-refractivity contribution in [3.63, 3.8) is 0 Å². The molecule has 4 nitrogen and oxygen atoms in total. The molecule has 0 unspecified atom stereocenters. The van der Waals surface area contributed by atoms with Gasteiger partial charge in [-0.25, -0.2) is 0 Å². The van der Waals surface area contributed by atoms with Crippen molar-refractivity contribution >= 4 is 17.4 Å². The van der Waals surface area contributed by atoms with Gasteiger partial charge in [0.15, 0.2) is 0 Å². The van der Waals surface area contributed by atoms with Crippen molar-refractivity contribution in [2.45, 2.75) is 60.2 Å². The second-order valence-corrected chi connectivity index (χ2v) is 5.79. The first-order chi connectivity index (χ1) is 9.88. The topological polar surface area (TPSA) is 48.8 Å². The zero-order valence-electron chi connectivity index (χ0n) is 14.1. The lowest BCUT2D eigenvalue weighted by Crippen LogP contribution is -2.27. The van der Waals surface area contributed by atoms with Crippen LogP contribution >= 0.6 is 0 Å². The van der Waals surface area contributed by atoms with Gasteiger partial charge in [-0.2, -0.15) is 0 Å². The molecule has 116 valence electrons. The van der Waals surface area contributed by atoms with Crippen molar-refractivity contribution in [1.82, 2.24) is 5.32 Å². The molecule has 0 radical (unpaired) electrons. The summed E-state index contributed by atoms with van der Waals surface area (Å²) in [5.74, 6) is 1.89. The number of aliphatic imine (C=N–C) groups is 2. The summed E-state index contributed by atoms with van der Waals surface area (Å²) in [6.45, 7) is 13.0. The highest BCUT2D eigenvalue weighted by molar-refractivity contribution is 5.94. The standard InChI is InChI=1S/C17H28N4/c1-12(2)19-14(5)18-11-16-9-7-8-10-17(16)21-15(6)20-13(3)4/h7-10,12-13H,11H2,1-6H3,(H,18,19)(H,20,21). The molecular weight excluding hydrogens is 260 g/mol. The summed E-state index contributed by atoms with van der Waals surface area (Å²) >= 11 is 0. The van der Waals surface area contributed by atoms with E-state index >= 15 is 0 Å². The van der Waals surface area contributed by atoms with Crippen LogP contribution < -0.4 is 10.6 Å². The van der Waals surface area contributed by atoms with Crippen LogP contribution in [0.4, 0.5) is 5.69 Å². The Morgan fingerprint density at radius 2 is 1.71 bits per heavy atom. The third-order valence-corrected chi connectivity index (χ3v) is 2.77. The first-order valence-electron chi connectivity index (χ1n) is 7.55. The predicted octanol–water partition coefficient (Wildman–Crippen LogP) is 3.84. The summed E-state index contributed by atoms with van der Waals surface area (Å²) in [6, 6.07) is 8.92. The lowest BCUT2D eigenvalue weighted by molar-refractivity contribution is 0.726. The van der Waals surface area contributed by atoms with Crippen LogP contribution in [0.15, 0.2) is 34.3 Å². The van der Waals surface area contributed by atoms with Crippen molar-refractivity contribution in [1.29, 1.82) is 0 Å². The maximum Gasteiger partial charge on any atom is 0.0978 e. The minimum atomic E-state index is 0.292. The fourth-order valence-corrected chi connectivity index (χ4v) is 2.06. The highest BCUT2D eigenvalue weighted by atomic mass is 15.0. The van der Waals surface area contributed by atoms with E-state index in [0.29, 0.717) is 18.6 Å². The second-order valence-electron chi connectivity index (χ2n) is 5.79. The van der Waals surface area contributed by atoms with E-state index in [9.17, 15) is 0 Å². The molecule has 0 spiro atoms.